The smallest absolute Gasteiger partial charge is 0.165 e. The van der Waals surface area contributed by atoms with E-state index in [1.54, 1.807) is 11.0 Å². The maximum atomic E-state index is 5.45. The highest BCUT2D eigenvalue weighted by Gasteiger charge is 2.16. The third-order valence-corrected chi connectivity index (χ3v) is 3.33. The van der Waals surface area contributed by atoms with E-state index in [-0.39, 0.29) is 0 Å². The standard InChI is InChI=1S/C7H12N4S/c8-7-4-9-11(10-7)5-6-2-1-3-12-6/h4,6H,1-3,5H2,(H2,8,10). The lowest BCUT2D eigenvalue weighted by Crippen LogP contribution is -2.12. The van der Waals surface area contributed by atoms with Gasteiger partial charge in [0.15, 0.2) is 5.82 Å². The van der Waals surface area contributed by atoms with Gasteiger partial charge in [-0.05, 0) is 18.6 Å². The minimum absolute atomic E-state index is 0.512. The SMILES string of the molecule is Nc1cnn(CC2CCCS2)n1. The maximum absolute atomic E-state index is 5.45. The molecule has 1 aliphatic heterocycles. The van der Waals surface area contributed by atoms with Crippen molar-refractivity contribution in [3.8, 4) is 0 Å². The first-order valence-electron chi connectivity index (χ1n) is 4.12. The number of thioether (sulfide) groups is 1. The summed E-state index contributed by atoms with van der Waals surface area (Å²) in [6.07, 6.45) is 4.21. The van der Waals surface area contributed by atoms with E-state index < -0.39 is 0 Å². The summed E-state index contributed by atoms with van der Waals surface area (Å²) in [5.74, 6) is 1.79. The Labute approximate surface area is 75.5 Å². The molecule has 1 fully saturated rings. The molecule has 0 aromatic carbocycles. The molecule has 1 unspecified atom stereocenters. The predicted octanol–water partition coefficient (Wildman–Crippen LogP) is 0.756. The van der Waals surface area contributed by atoms with Crippen LogP contribution < -0.4 is 5.73 Å². The lowest BCUT2D eigenvalue weighted by molar-refractivity contribution is 0.517. The van der Waals surface area contributed by atoms with E-state index in [9.17, 15) is 0 Å². The van der Waals surface area contributed by atoms with Crippen LogP contribution in [0, 0.1) is 0 Å². The molecule has 0 bridgehead atoms. The summed E-state index contributed by atoms with van der Waals surface area (Å²) in [4.78, 5) is 1.69. The van der Waals surface area contributed by atoms with Gasteiger partial charge in [-0.1, -0.05) is 0 Å². The van der Waals surface area contributed by atoms with Crippen molar-refractivity contribution >= 4 is 17.6 Å². The molecular weight excluding hydrogens is 172 g/mol. The second-order valence-corrected chi connectivity index (χ2v) is 4.37. The Balaban J connectivity index is 1.94. The van der Waals surface area contributed by atoms with Crippen LogP contribution in [0.3, 0.4) is 0 Å². The molecule has 0 saturated carbocycles. The molecule has 1 aliphatic rings. The fourth-order valence-electron chi connectivity index (χ4n) is 1.37. The van der Waals surface area contributed by atoms with Gasteiger partial charge in [0.05, 0.1) is 12.7 Å². The molecule has 5 heteroatoms. The molecule has 2 N–H and O–H groups in total. The first-order chi connectivity index (χ1) is 5.84. The molecule has 1 saturated heterocycles. The van der Waals surface area contributed by atoms with Crippen LogP contribution in [0.5, 0.6) is 0 Å². The molecule has 2 rings (SSSR count). The third-order valence-electron chi connectivity index (χ3n) is 1.95. The van der Waals surface area contributed by atoms with Gasteiger partial charge in [0, 0.05) is 5.25 Å². The Kier molecular flexibility index (Phi) is 2.21. The van der Waals surface area contributed by atoms with Crippen molar-refractivity contribution in [2.24, 2.45) is 0 Å². The van der Waals surface area contributed by atoms with Crippen LogP contribution in [0.2, 0.25) is 0 Å². The Morgan fingerprint density at radius 2 is 2.67 bits per heavy atom. The Hall–Kier alpha value is -0.710. The molecule has 1 aromatic heterocycles. The van der Waals surface area contributed by atoms with Gasteiger partial charge >= 0.3 is 0 Å². The topological polar surface area (TPSA) is 56.7 Å². The quantitative estimate of drug-likeness (QED) is 0.737. The van der Waals surface area contributed by atoms with Gasteiger partial charge in [-0.3, -0.25) is 0 Å². The van der Waals surface area contributed by atoms with Crippen molar-refractivity contribution in [3.05, 3.63) is 6.20 Å². The molecule has 1 aromatic rings. The van der Waals surface area contributed by atoms with E-state index in [4.69, 9.17) is 5.73 Å². The van der Waals surface area contributed by atoms with E-state index in [0.29, 0.717) is 11.1 Å². The first-order valence-corrected chi connectivity index (χ1v) is 5.17. The van der Waals surface area contributed by atoms with Crippen molar-refractivity contribution in [2.45, 2.75) is 24.6 Å². The summed E-state index contributed by atoms with van der Waals surface area (Å²) in [6, 6.07) is 0. The van der Waals surface area contributed by atoms with Gasteiger partial charge in [0.1, 0.15) is 0 Å². The van der Waals surface area contributed by atoms with Crippen LogP contribution >= 0.6 is 11.8 Å². The molecule has 0 amide bonds. The summed E-state index contributed by atoms with van der Waals surface area (Å²) >= 11 is 2.00. The third kappa shape index (κ3) is 1.72. The Morgan fingerprint density at radius 3 is 3.25 bits per heavy atom. The molecule has 4 nitrogen and oxygen atoms in total. The van der Waals surface area contributed by atoms with Crippen LogP contribution in [0.4, 0.5) is 5.82 Å². The van der Waals surface area contributed by atoms with Crippen LogP contribution in [-0.2, 0) is 6.54 Å². The van der Waals surface area contributed by atoms with Gasteiger partial charge in [0.2, 0.25) is 0 Å². The van der Waals surface area contributed by atoms with E-state index in [0.717, 1.165) is 6.54 Å². The summed E-state index contributed by atoms with van der Waals surface area (Å²) in [6.45, 7) is 0.905. The van der Waals surface area contributed by atoms with E-state index in [2.05, 4.69) is 10.2 Å². The molecule has 66 valence electrons. The van der Waals surface area contributed by atoms with Crippen molar-refractivity contribution in [2.75, 3.05) is 11.5 Å². The summed E-state index contributed by atoms with van der Waals surface area (Å²) < 4.78 is 0. The molecule has 0 aliphatic carbocycles. The highest BCUT2D eigenvalue weighted by Crippen LogP contribution is 2.26. The summed E-state index contributed by atoms with van der Waals surface area (Å²) in [7, 11) is 0. The number of aromatic nitrogens is 3. The molecular formula is C7H12N4S. The monoisotopic (exact) mass is 184 g/mol. The molecule has 0 spiro atoms. The minimum atomic E-state index is 0.512. The van der Waals surface area contributed by atoms with Crippen LogP contribution in [0.15, 0.2) is 6.20 Å². The largest absolute Gasteiger partial charge is 0.381 e. The average Bonchev–Trinajstić information content (AvgIpc) is 2.63. The number of nitrogens with two attached hydrogens (primary N) is 1. The van der Waals surface area contributed by atoms with Gasteiger partial charge in [-0.25, -0.2) is 0 Å². The fourth-order valence-corrected chi connectivity index (χ4v) is 2.61. The number of hydrogen-bond acceptors (Lipinski definition) is 4. The first kappa shape index (κ1) is 7.91. The lowest BCUT2D eigenvalue weighted by atomic mass is 10.2. The minimum Gasteiger partial charge on any atom is -0.381 e. The van der Waals surface area contributed by atoms with Gasteiger partial charge in [-0.15, -0.1) is 5.10 Å². The van der Waals surface area contributed by atoms with Crippen molar-refractivity contribution < 1.29 is 0 Å². The highest BCUT2D eigenvalue weighted by molar-refractivity contribution is 8.00. The van der Waals surface area contributed by atoms with Crippen molar-refractivity contribution in [3.63, 3.8) is 0 Å². The van der Waals surface area contributed by atoms with Crippen LogP contribution in [-0.4, -0.2) is 26.0 Å². The molecule has 0 radical (unpaired) electrons. The highest BCUT2D eigenvalue weighted by atomic mass is 32.2. The zero-order valence-electron chi connectivity index (χ0n) is 6.81. The van der Waals surface area contributed by atoms with E-state index in [1.165, 1.54) is 18.6 Å². The second kappa shape index (κ2) is 3.35. The number of hydrogen-bond donors (Lipinski definition) is 1. The number of rotatable bonds is 2. The van der Waals surface area contributed by atoms with Gasteiger partial charge < -0.3 is 5.73 Å². The van der Waals surface area contributed by atoms with E-state index >= 15 is 0 Å². The number of anilines is 1. The molecule has 2 heterocycles. The van der Waals surface area contributed by atoms with Gasteiger partial charge in [0.25, 0.3) is 0 Å². The molecule has 12 heavy (non-hydrogen) atoms. The second-order valence-electron chi connectivity index (χ2n) is 2.96. The lowest BCUT2D eigenvalue weighted by Gasteiger charge is -2.05. The summed E-state index contributed by atoms with van der Waals surface area (Å²) in [5.41, 5.74) is 5.45. The average molecular weight is 184 g/mol. The maximum Gasteiger partial charge on any atom is 0.165 e. The van der Waals surface area contributed by atoms with Crippen LogP contribution in [0.1, 0.15) is 12.8 Å². The summed E-state index contributed by atoms with van der Waals surface area (Å²) in [5, 5.41) is 8.78. The van der Waals surface area contributed by atoms with Gasteiger partial charge in [-0.2, -0.15) is 21.7 Å². The predicted molar refractivity (Wildman–Crippen MR) is 49.9 cm³/mol. The number of nitrogens with zero attached hydrogens (tertiary/aromatic N) is 3. The van der Waals surface area contributed by atoms with Crippen LogP contribution in [0.25, 0.3) is 0 Å². The van der Waals surface area contributed by atoms with E-state index in [1.807, 2.05) is 11.8 Å². The fraction of sp³-hybridized carbons (Fsp3) is 0.714. The normalized spacial score (nSPS) is 23.2. The van der Waals surface area contributed by atoms with Crippen molar-refractivity contribution in [1.29, 1.82) is 0 Å². The zero-order valence-corrected chi connectivity index (χ0v) is 7.63. The zero-order chi connectivity index (χ0) is 8.39. The Morgan fingerprint density at radius 1 is 1.75 bits per heavy atom. The van der Waals surface area contributed by atoms with Crippen molar-refractivity contribution in [1.82, 2.24) is 15.0 Å². The Bertz CT molecular complexity index is 254. The number of nitrogen functional groups attached to an aromatic ring is 1. The molecule has 1 atom stereocenters.